The molecule has 0 fully saturated rings. The second-order valence-corrected chi connectivity index (χ2v) is 9.88. The van der Waals surface area contributed by atoms with Crippen molar-refractivity contribution in [2.75, 3.05) is 16.8 Å². The van der Waals surface area contributed by atoms with Crippen LogP contribution in [-0.2, 0) is 26.4 Å². The first-order chi connectivity index (χ1) is 13.6. The van der Waals surface area contributed by atoms with E-state index in [4.69, 9.17) is 16.6 Å². The molecule has 0 aliphatic heterocycles. The zero-order chi connectivity index (χ0) is 21.2. The molecule has 3 aromatic carbocycles. The lowest BCUT2D eigenvalue weighted by Crippen LogP contribution is -2.12. The van der Waals surface area contributed by atoms with Crippen molar-refractivity contribution in [2.24, 2.45) is 5.14 Å². The number of nitrogen functional groups attached to an aromatic ring is 2. The Bertz CT molecular complexity index is 1240. The number of sulfonamides is 1. The smallest absolute Gasteiger partial charge is 0.238 e. The van der Waals surface area contributed by atoms with Gasteiger partial charge in [0.2, 0.25) is 19.9 Å². The van der Waals surface area contributed by atoms with Crippen LogP contribution in [0.3, 0.4) is 0 Å². The van der Waals surface area contributed by atoms with Crippen LogP contribution in [0.5, 0.6) is 0 Å². The molecular formula is C19H20N4O4S2. The summed E-state index contributed by atoms with van der Waals surface area (Å²) >= 11 is 0. The van der Waals surface area contributed by atoms with Crippen LogP contribution in [0.25, 0.3) is 0 Å². The third kappa shape index (κ3) is 4.67. The van der Waals surface area contributed by atoms with Crippen molar-refractivity contribution in [3.05, 3.63) is 72.3 Å². The van der Waals surface area contributed by atoms with Crippen molar-refractivity contribution in [3.8, 4) is 0 Å². The number of hydrogen-bond donors (Lipinski definition) is 4. The Balaban J connectivity index is 1.77. The lowest BCUT2D eigenvalue weighted by molar-refractivity contribution is 0.595. The average molecular weight is 433 g/mol. The van der Waals surface area contributed by atoms with Gasteiger partial charge >= 0.3 is 0 Å². The van der Waals surface area contributed by atoms with Crippen molar-refractivity contribution in [3.63, 3.8) is 0 Å². The standard InChI is InChI=1S/C19H20N4O4S2/c20-14-3-7-15(8-4-14)28(24,25)17-9-10-19(18(21)11-17)23-12-13-1-5-16(6-2-13)29(22,26)27/h1-11,23H,12,20-21H2,(H2,22,26,27). The normalized spacial score (nSPS) is 11.9. The molecular weight excluding hydrogens is 412 g/mol. The second kappa shape index (κ2) is 7.74. The van der Waals surface area contributed by atoms with E-state index in [1.54, 1.807) is 18.2 Å². The van der Waals surface area contributed by atoms with Gasteiger partial charge in [-0.15, -0.1) is 0 Å². The Kier molecular flexibility index (Phi) is 5.51. The molecule has 0 unspecified atom stereocenters. The highest BCUT2D eigenvalue weighted by Gasteiger charge is 2.18. The van der Waals surface area contributed by atoms with E-state index >= 15 is 0 Å². The van der Waals surface area contributed by atoms with Crippen molar-refractivity contribution in [2.45, 2.75) is 21.2 Å². The molecule has 0 bridgehead atoms. The fraction of sp³-hybridized carbons (Fsp3) is 0.0526. The molecule has 0 saturated heterocycles. The molecule has 0 aliphatic carbocycles. The first-order valence-corrected chi connectivity index (χ1v) is 11.5. The van der Waals surface area contributed by atoms with Gasteiger partial charge in [0.1, 0.15) is 0 Å². The lowest BCUT2D eigenvalue weighted by atomic mass is 10.2. The number of hydrogen-bond acceptors (Lipinski definition) is 7. The molecule has 0 aliphatic rings. The molecule has 0 saturated carbocycles. The van der Waals surface area contributed by atoms with Crippen molar-refractivity contribution in [1.82, 2.24) is 0 Å². The molecule has 152 valence electrons. The summed E-state index contributed by atoms with van der Waals surface area (Å²) in [7, 11) is -7.45. The van der Waals surface area contributed by atoms with Crippen molar-refractivity contribution in [1.29, 1.82) is 0 Å². The van der Waals surface area contributed by atoms with E-state index in [1.165, 1.54) is 48.5 Å². The number of primary sulfonamides is 1. The van der Waals surface area contributed by atoms with Gasteiger partial charge in [-0.2, -0.15) is 0 Å². The summed E-state index contributed by atoms with van der Waals surface area (Å²) in [4.78, 5) is 0.225. The Hall–Kier alpha value is -3.08. The highest BCUT2D eigenvalue weighted by molar-refractivity contribution is 7.91. The molecule has 3 rings (SSSR count). The van der Waals surface area contributed by atoms with E-state index in [2.05, 4.69) is 5.32 Å². The maximum atomic E-state index is 12.7. The molecule has 0 heterocycles. The predicted molar refractivity (Wildman–Crippen MR) is 112 cm³/mol. The molecule has 0 spiro atoms. The van der Waals surface area contributed by atoms with Crippen LogP contribution in [0.15, 0.2) is 81.4 Å². The fourth-order valence-corrected chi connectivity index (χ4v) is 4.46. The van der Waals surface area contributed by atoms with E-state index in [0.29, 0.717) is 17.9 Å². The number of nitrogens with two attached hydrogens (primary N) is 3. The highest BCUT2D eigenvalue weighted by atomic mass is 32.2. The lowest BCUT2D eigenvalue weighted by Gasteiger charge is -2.12. The maximum absolute atomic E-state index is 12.7. The number of nitrogens with one attached hydrogen (secondary N) is 1. The van der Waals surface area contributed by atoms with Gasteiger partial charge in [-0.25, -0.2) is 22.0 Å². The Morgan fingerprint density at radius 2 is 1.28 bits per heavy atom. The van der Waals surface area contributed by atoms with Crippen LogP contribution in [0.1, 0.15) is 5.56 Å². The summed E-state index contributed by atoms with van der Waals surface area (Å²) in [5, 5.41) is 8.17. The molecule has 0 atom stereocenters. The Labute approximate surface area is 169 Å². The van der Waals surface area contributed by atoms with Gasteiger partial charge in [0, 0.05) is 12.2 Å². The largest absolute Gasteiger partial charge is 0.399 e. The highest BCUT2D eigenvalue weighted by Crippen LogP contribution is 2.27. The predicted octanol–water partition coefficient (Wildman–Crippen LogP) is 1.94. The van der Waals surface area contributed by atoms with Gasteiger partial charge in [0.15, 0.2) is 0 Å². The van der Waals surface area contributed by atoms with Gasteiger partial charge in [-0.1, -0.05) is 12.1 Å². The van der Waals surface area contributed by atoms with E-state index in [9.17, 15) is 16.8 Å². The van der Waals surface area contributed by atoms with Gasteiger partial charge in [-0.3, -0.25) is 0 Å². The molecule has 10 heteroatoms. The van der Waals surface area contributed by atoms with E-state index in [1.807, 2.05) is 0 Å². The summed E-state index contributed by atoms with van der Waals surface area (Å²) in [6.07, 6.45) is 0. The SMILES string of the molecule is Nc1ccc(S(=O)(=O)c2ccc(NCc3ccc(S(N)(=O)=O)cc3)c(N)c2)cc1. The van der Waals surface area contributed by atoms with Gasteiger partial charge < -0.3 is 16.8 Å². The molecule has 29 heavy (non-hydrogen) atoms. The van der Waals surface area contributed by atoms with Crippen LogP contribution in [0, 0.1) is 0 Å². The van der Waals surface area contributed by atoms with Crippen LogP contribution >= 0.6 is 0 Å². The topological polar surface area (TPSA) is 158 Å². The quantitative estimate of drug-likeness (QED) is 0.433. The number of anilines is 3. The molecule has 0 aromatic heterocycles. The van der Waals surface area contributed by atoms with Crippen molar-refractivity contribution < 1.29 is 16.8 Å². The minimum absolute atomic E-state index is 0.0259. The zero-order valence-electron chi connectivity index (χ0n) is 15.2. The molecule has 0 amide bonds. The zero-order valence-corrected chi connectivity index (χ0v) is 16.9. The summed E-state index contributed by atoms with van der Waals surface area (Å²) in [5.74, 6) is 0. The van der Waals surface area contributed by atoms with Crippen LogP contribution in [0.4, 0.5) is 17.1 Å². The third-order valence-electron chi connectivity index (χ3n) is 4.26. The first-order valence-electron chi connectivity index (χ1n) is 8.43. The summed E-state index contributed by atoms with van der Waals surface area (Å²) in [6.45, 7) is 0.360. The van der Waals surface area contributed by atoms with Gasteiger partial charge in [0.05, 0.1) is 26.1 Å². The van der Waals surface area contributed by atoms with Crippen LogP contribution < -0.4 is 21.9 Å². The minimum Gasteiger partial charge on any atom is -0.399 e. The number of benzene rings is 3. The summed E-state index contributed by atoms with van der Waals surface area (Å²) < 4.78 is 48.0. The van der Waals surface area contributed by atoms with Crippen LogP contribution in [0.2, 0.25) is 0 Å². The summed E-state index contributed by atoms with van der Waals surface area (Å²) in [5.41, 5.74) is 13.7. The van der Waals surface area contributed by atoms with Crippen molar-refractivity contribution >= 4 is 36.9 Å². The second-order valence-electron chi connectivity index (χ2n) is 6.36. The molecule has 8 nitrogen and oxygen atoms in total. The number of rotatable bonds is 6. The van der Waals surface area contributed by atoms with E-state index < -0.39 is 19.9 Å². The minimum atomic E-state index is -3.74. The van der Waals surface area contributed by atoms with E-state index in [-0.39, 0.29) is 20.4 Å². The van der Waals surface area contributed by atoms with Gasteiger partial charge in [-0.05, 0) is 60.2 Å². The molecule has 0 radical (unpaired) electrons. The number of sulfone groups is 1. The third-order valence-corrected chi connectivity index (χ3v) is 6.96. The van der Waals surface area contributed by atoms with E-state index in [0.717, 1.165) is 5.56 Å². The first kappa shape index (κ1) is 20.6. The van der Waals surface area contributed by atoms with Crippen LogP contribution in [-0.4, -0.2) is 16.8 Å². The average Bonchev–Trinajstić information content (AvgIpc) is 2.67. The summed E-state index contributed by atoms with van der Waals surface area (Å²) in [6, 6.07) is 16.4. The fourth-order valence-electron chi connectivity index (χ4n) is 2.65. The van der Waals surface area contributed by atoms with Gasteiger partial charge in [0.25, 0.3) is 0 Å². The molecule has 7 N–H and O–H groups in total. The Morgan fingerprint density at radius 1 is 0.724 bits per heavy atom. The Morgan fingerprint density at radius 3 is 1.83 bits per heavy atom. The molecule has 3 aromatic rings. The maximum Gasteiger partial charge on any atom is 0.238 e. The monoisotopic (exact) mass is 432 g/mol.